The molecule has 0 heterocycles. The Labute approximate surface area is 88.3 Å². The van der Waals surface area contributed by atoms with Crippen LogP contribution in [-0.4, -0.2) is 7.11 Å². The molecule has 0 saturated heterocycles. The number of ether oxygens (including phenoxy) is 1. The maximum atomic E-state index is 13.0. The quantitative estimate of drug-likeness (QED) is 0.824. The van der Waals surface area contributed by atoms with Crippen molar-refractivity contribution in [3.63, 3.8) is 0 Å². The second-order valence-corrected chi connectivity index (χ2v) is 3.19. The Balaban J connectivity index is 2.90. The predicted octanol–water partition coefficient (Wildman–Crippen LogP) is 2.14. The summed E-state index contributed by atoms with van der Waals surface area (Å²) >= 11 is 0. The molecule has 0 spiro atoms. The van der Waals surface area contributed by atoms with E-state index in [9.17, 15) is 4.39 Å². The van der Waals surface area contributed by atoms with Crippen molar-refractivity contribution in [3.05, 3.63) is 29.6 Å². The van der Waals surface area contributed by atoms with Crippen LogP contribution in [0, 0.1) is 17.1 Å². The molecule has 4 heteroatoms. The van der Waals surface area contributed by atoms with E-state index in [4.69, 9.17) is 15.7 Å². The summed E-state index contributed by atoms with van der Waals surface area (Å²) in [5, 5.41) is 8.43. The molecule has 1 aromatic carbocycles. The summed E-state index contributed by atoms with van der Waals surface area (Å²) < 4.78 is 18.1. The van der Waals surface area contributed by atoms with Crippen LogP contribution in [0.2, 0.25) is 0 Å². The number of methoxy groups -OCH3 is 1. The lowest BCUT2D eigenvalue weighted by molar-refractivity contribution is 0.403. The van der Waals surface area contributed by atoms with Gasteiger partial charge >= 0.3 is 0 Å². The molecule has 0 aliphatic heterocycles. The summed E-state index contributed by atoms with van der Waals surface area (Å²) in [6.07, 6.45) is 0.844. The zero-order chi connectivity index (χ0) is 11.3. The summed E-state index contributed by atoms with van der Waals surface area (Å²) in [5.74, 6) is 0.208. The van der Waals surface area contributed by atoms with Crippen molar-refractivity contribution in [1.82, 2.24) is 0 Å². The molecule has 0 aliphatic rings. The van der Waals surface area contributed by atoms with Gasteiger partial charge in [-0.2, -0.15) is 5.26 Å². The van der Waals surface area contributed by atoms with Crippen molar-refractivity contribution in [1.29, 1.82) is 5.26 Å². The van der Waals surface area contributed by atoms with Crippen molar-refractivity contribution < 1.29 is 9.13 Å². The van der Waals surface area contributed by atoms with E-state index < -0.39 is 0 Å². The number of benzene rings is 1. The fraction of sp³-hybridized carbons (Fsp3) is 0.364. The van der Waals surface area contributed by atoms with Crippen molar-refractivity contribution in [2.24, 2.45) is 5.73 Å². The fourth-order valence-corrected chi connectivity index (χ4v) is 1.37. The van der Waals surface area contributed by atoms with E-state index in [1.807, 2.05) is 6.07 Å². The lowest BCUT2D eigenvalue weighted by atomic mass is 10.0. The minimum atomic E-state index is -0.365. The molecule has 0 bridgehead atoms. The molecule has 80 valence electrons. The lowest BCUT2D eigenvalue weighted by Crippen LogP contribution is -2.11. The molecule has 2 N–H and O–H groups in total. The zero-order valence-corrected chi connectivity index (χ0v) is 8.53. The lowest BCUT2D eigenvalue weighted by Gasteiger charge is -2.14. The van der Waals surface area contributed by atoms with Gasteiger partial charge in [-0.25, -0.2) is 4.39 Å². The maximum absolute atomic E-state index is 13.0. The first-order chi connectivity index (χ1) is 7.19. The third-order valence-electron chi connectivity index (χ3n) is 2.16. The average molecular weight is 208 g/mol. The van der Waals surface area contributed by atoms with Gasteiger partial charge in [0, 0.05) is 18.0 Å². The number of hydrogen-bond acceptors (Lipinski definition) is 3. The second-order valence-electron chi connectivity index (χ2n) is 3.19. The van der Waals surface area contributed by atoms with Crippen LogP contribution in [0.5, 0.6) is 5.75 Å². The van der Waals surface area contributed by atoms with Crippen LogP contribution in [-0.2, 0) is 0 Å². The highest BCUT2D eigenvalue weighted by molar-refractivity contribution is 5.36. The fourth-order valence-electron chi connectivity index (χ4n) is 1.37. The van der Waals surface area contributed by atoms with Crippen LogP contribution in [0.1, 0.15) is 24.4 Å². The monoisotopic (exact) mass is 208 g/mol. The Morgan fingerprint density at radius 3 is 2.93 bits per heavy atom. The van der Waals surface area contributed by atoms with Gasteiger partial charge in [-0.3, -0.25) is 0 Å². The van der Waals surface area contributed by atoms with E-state index >= 15 is 0 Å². The number of nitriles is 1. The third-order valence-corrected chi connectivity index (χ3v) is 2.16. The Hall–Kier alpha value is -1.60. The number of nitrogens with two attached hydrogens (primary N) is 1. The van der Waals surface area contributed by atoms with E-state index in [0.717, 1.165) is 0 Å². The first-order valence-electron chi connectivity index (χ1n) is 4.65. The van der Waals surface area contributed by atoms with Gasteiger partial charge in [-0.05, 0) is 24.6 Å². The van der Waals surface area contributed by atoms with Crippen molar-refractivity contribution in [3.8, 4) is 11.8 Å². The molecule has 3 nitrogen and oxygen atoms in total. The van der Waals surface area contributed by atoms with Crippen LogP contribution < -0.4 is 10.5 Å². The van der Waals surface area contributed by atoms with Crippen LogP contribution in [0.4, 0.5) is 4.39 Å². The van der Waals surface area contributed by atoms with Gasteiger partial charge in [0.1, 0.15) is 11.6 Å². The van der Waals surface area contributed by atoms with Crippen LogP contribution >= 0.6 is 0 Å². The first kappa shape index (κ1) is 11.5. The predicted molar refractivity (Wildman–Crippen MR) is 54.7 cm³/mol. The molecule has 0 saturated carbocycles. The summed E-state index contributed by atoms with van der Waals surface area (Å²) in [7, 11) is 1.51. The van der Waals surface area contributed by atoms with Crippen molar-refractivity contribution >= 4 is 0 Å². The third kappa shape index (κ3) is 2.93. The van der Waals surface area contributed by atoms with E-state index in [0.29, 0.717) is 24.2 Å². The molecule has 1 unspecified atom stereocenters. The Morgan fingerprint density at radius 1 is 1.60 bits per heavy atom. The van der Waals surface area contributed by atoms with E-state index in [-0.39, 0.29) is 11.9 Å². The Morgan fingerprint density at radius 2 is 2.33 bits per heavy atom. The van der Waals surface area contributed by atoms with Crippen LogP contribution in [0.15, 0.2) is 18.2 Å². The number of rotatable bonds is 4. The number of hydrogen-bond donors (Lipinski definition) is 1. The summed E-state index contributed by atoms with van der Waals surface area (Å²) in [6, 6.07) is 5.85. The summed E-state index contributed by atoms with van der Waals surface area (Å²) in [4.78, 5) is 0. The van der Waals surface area contributed by atoms with Gasteiger partial charge in [-0.1, -0.05) is 0 Å². The molecule has 0 fully saturated rings. The molecule has 1 rings (SSSR count). The molecule has 0 radical (unpaired) electrons. The van der Waals surface area contributed by atoms with Crippen LogP contribution in [0.25, 0.3) is 0 Å². The number of halogens is 1. The standard InChI is InChI=1S/C11H13FN2O/c1-15-11-5-4-8(12)7-9(11)10(14)3-2-6-13/h4-5,7,10H,2-3,14H2,1H3. The molecule has 1 aromatic rings. The van der Waals surface area contributed by atoms with Gasteiger partial charge in [-0.15, -0.1) is 0 Å². The molecule has 15 heavy (non-hydrogen) atoms. The van der Waals surface area contributed by atoms with Crippen LogP contribution in [0.3, 0.4) is 0 Å². The van der Waals surface area contributed by atoms with Gasteiger partial charge in [0.25, 0.3) is 0 Å². The SMILES string of the molecule is COc1ccc(F)cc1C(N)CCC#N. The molecule has 0 amide bonds. The van der Waals surface area contributed by atoms with E-state index in [1.165, 1.54) is 25.3 Å². The largest absolute Gasteiger partial charge is 0.496 e. The number of nitrogens with zero attached hydrogens (tertiary/aromatic N) is 1. The molecule has 0 aliphatic carbocycles. The molecular weight excluding hydrogens is 195 g/mol. The second kappa shape index (κ2) is 5.32. The van der Waals surface area contributed by atoms with E-state index in [1.54, 1.807) is 0 Å². The minimum Gasteiger partial charge on any atom is -0.496 e. The molecule has 1 atom stereocenters. The van der Waals surface area contributed by atoms with Crippen molar-refractivity contribution in [2.45, 2.75) is 18.9 Å². The topological polar surface area (TPSA) is 59.0 Å². The van der Waals surface area contributed by atoms with Crippen molar-refractivity contribution in [2.75, 3.05) is 7.11 Å². The smallest absolute Gasteiger partial charge is 0.123 e. The maximum Gasteiger partial charge on any atom is 0.123 e. The average Bonchev–Trinajstić information content (AvgIpc) is 2.25. The highest BCUT2D eigenvalue weighted by Gasteiger charge is 2.12. The molecule has 0 aromatic heterocycles. The van der Waals surface area contributed by atoms with Gasteiger partial charge in [0.05, 0.1) is 13.2 Å². The molecular formula is C11H13FN2O. The minimum absolute atomic E-state index is 0.348. The Bertz CT molecular complexity index is 373. The van der Waals surface area contributed by atoms with E-state index in [2.05, 4.69) is 0 Å². The van der Waals surface area contributed by atoms with Gasteiger partial charge in [0.2, 0.25) is 0 Å². The first-order valence-corrected chi connectivity index (χ1v) is 4.65. The summed E-state index contributed by atoms with van der Waals surface area (Å²) in [6.45, 7) is 0. The summed E-state index contributed by atoms with van der Waals surface area (Å²) in [5.41, 5.74) is 6.43. The highest BCUT2D eigenvalue weighted by atomic mass is 19.1. The normalized spacial score (nSPS) is 11.9. The Kier molecular flexibility index (Phi) is 4.07. The van der Waals surface area contributed by atoms with Gasteiger partial charge in [0.15, 0.2) is 0 Å². The highest BCUT2D eigenvalue weighted by Crippen LogP contribution is 2.26. The van der Waals surface area contributed by atoms with Gasteiger partial charge < -0.3 is 10.5 Å². The zero-order valence-electron chi connectivity index (χ0n) is 8.53.